The third-order valence-corrected chi connectivity index (χ3v) is 10.9. The Balaban J connectivity index is 1.34. The summed E-state index contributed by atoms with van der Waals surface area (Å²) < 4.78 is 20.4. The molecule has 6 nitrogen and oxygen atoms in total. The van der Waals surface area contributed by atoms with E-state index in [0.29, 0.717) is 29.8 Å². The van der Waals surface area contributed by atoms with Gasteiger partial charge in [0.2, 0.25) is 11.8 Å². The number of carbonyl (C=O) groups is 2. The molecular weight excluding hydrogens is 573 g/mol. The molecular formula is C36H40FN3O3S. The molecule has 1 aliphatic carbocycles. The van der Waals surface area contributed by atoms with Crippen molar-refractivity contribution >= 4 is 40.2 Å². The highest BCUT2D eigenvalue weighted by atomic mass is 32.2. The maximum atomic E-state index is 15.1. The lowest BCUT2D eigenvalue weighted by Crippen LogP contribution is -2.60. The number of rotatable bonds is 9. The fourth-order valence-corrected chi connectivity index (χ4v) is 8.39. The summed E-state index contributed by atoms with van der Waals surface area (Å²) in [6, 6.07) is 22.0. The molecule has 230 valence electrons. The van der Waals surface area contributed by atoms with E-state index >= 15 is 4.39 Å². The molecule has 1 aliphatic heterocycles. The molecule has 2 amide bonds. The summed E-state index contributed by atoms with van der Waals surface area (Å²) in [5.41, 5.74) is 3.33. The van der Waals surface area contributed by atoms with Crippen LogP contribution in [0.15, 0.2) is 72.8 Å². The van der Waals surface area contributed by atoms with Crippen LogP contribution >= 0.6 is 11.8 Å². The predicted molar refractivity (Wildman–Crippen MR) is 176 cm³/mol. The molecule has 8 heteroatoms. The van der Waals surface area contributed by atoms with Crippen LogP contribution in [0, 0.1) is 24.1 Å². The second-order valence-electron chi connectivity index (χ2n) is 12.7. The highest BCUT2D eigenvalue weighted by Crippen LogP contribution is 2.67. The molecule has 4 aromatic rings. The summed E-state index contributed by atoms with van der Waals surface area (Å²) in [4.78, 5) is 34.1. The number of amides is 2. The number of aromatic nitrogens is 1. The number of H-pyrrole nitrogens is 1. The van der Waals surface area contributed by atoms with Crippen molar-refractivity contribution in [3.63, 3.8) is 0 Å². The lowest BCUT2D eigenvalue weighted by molar-refractivity contribution is -0.147. The molecule has 3 aromatic carbocycles. The number of thioether (sulfide) groups is 1. The third kappa shape index (κ3) is 5.49. The van der Waals surface area contributed by atoms with Gasteiger partial charge in [-0.1, -0.05) is 50.2 Å². The molecule has 2 fully saturated rings. The van der Waals surface area contributed by atoms with Gasteiger partial charge in [0.25, 0.3) is 0 Å². The molecule has 2 aliphatic rings. The highest BCUT2D eigenvalue weighted by Gasteiger charge is 2.60. The Kier molecular flexibility index (Phi) is 8.22. The van der Waals surface area contributed by atoms with Crippen molar-refractivity contribution in [2.24, 2.45) is 11.3 Å². The van der Waals surface area contributed by atoms with Gasteiger partial charge in [0.1, 0.15) is 17.1 Å². The van der Waals surface area contributed by atoms with Gasteiger partial charge < -0.3 is 19.9 Å². The van der Waals surface area contributed by atoms with Gasteiger partial charge in [-0.3, -0.25) is 9.59 Å². The van der Waals surface area contributed by atoms with E-state index in [4.69, 9.17) is 4.74 Å². The smallest absolute Gasteiger partial charge is 0.250 e. The number of carbonyl (C=O) groups excluding carboxylic acids is 2. The van der Waals surface area contributed by atoms with Crippen LogP contribution in [0.2, 0.25) is 0 Å². The Bertz CT molecular complexity index is 1680. The number of benzene rings is 3. The number of ether oxygens (including phenoxy) is 1. The SMILES string of the molecule is COc1ccc(NC(=O)C2(N(Cc3ccccc3F)C(=O)C[C@@H]3[C@@H](c4c(C)[nH]c5ccccc45)C3(C)C)CCSCC2)cc1. The number of methoxy groups -OCH3 is 1. The van der Waals surface area contributed by atoms with E-state index in [2.05, 4.69) is 49.3 Å². The van der Waals surface area contributed by atoms with E-state index in [9.17, 15) is 9.59 Å². The first-order chi connectivity index (χ1) is 21.2. The normalized spacial score (nSPS) is 20.2. The van der Waals surface area contributed by atoms with Gasteiger partial charge in [0.15, 0.2) is 0 Å². The maximum Gasteiger partial charge on any atom is 0.250 e. The fourth-order valence-electron chi connectivity index (χ4n) is 7.22. The highest BCUT2D eigenvalue weighted by molar-refractivity contribution is 7.99. The molecule has 44 heavy (non-hydrogen) atoms. The minimum atomic E-state index is -1.10. The van der Waals surface area contributed by atoms with Gasteiger partial charge in [0, 0.05) is 40.8 Å². The Morgan fingerprint density at radius 3 is 2.41 bits per heavy atom. The first-order valence-electron chi connectivity index (χ1n) is 15.3. The summed E-state index contributed by atoms with van der Waals surface area (Å²) in [7, 11) is 1.60. The number of hydrogen-bond donors (Lipinski definition) is 2. The number of anilines is 1. The quantitative estimate of drug-likeness (QED) is 0.203. The van der Waals surface area contributed by atoms with Crippen molar-refractivity contribution in [1.29, 1.82) is 0 Å². The molecule has 2 N–H and O–H groups in total. The van der Waals surface area contributed by atoms with Crippen molar-refractivity contribution in [2.45, 2.75) is 58.0 Å². The molecule has 1 saturated carbocycles. The number of nitrogens with zero attached hydrogens (tertiary/aromatic N) is 1. The average molecular weight is 614 g/mol. The van der Waals surface area contributed by atoms with E-state index in [1.807, 2.05) is 6.07 Å². The number of nitrogens with one attached hydrogen (secondary N) is 2. The molecule has 6 rings (SSSR count). The standard InChI is InChI=1S/C36H40FN3O3S/c1-23-32(27-10-6-8-12-30(27)38-23)33-28(35(33,2)3)21-31(41)40(22-24-9-5-7-11-29(24)37)36(17-19-44-20-18-36)34(42)39-25-13-15-26(43-4)16-14-25/h5-16,28,33,38H,17-22H2,1-4H3,(H,39,42)/t28-,33+/m1/s1. The van der Waals surface area contributed by atoms with Gasteiger partial charge in [-0.05, 0) is 90.5 Å². The minimum Gasteiger partial charge on any atom is -0.497 e. The molecule has 1 aromatic heterocycles. The van der Waals surface area contributed by atoms with Gasteiger partial charge >= 0.3 is 0 Å². The van der Waals surface area contributed by atoms with Crippen LogP contribution in [0.25, 0.3) is 10.9 Å². The van der Waals surface area contributed by atoms with E-state index in [-0.39, 0.29) is 47.8 Å². The molecule has 0 unspecified atom stereocenters. The van der Waals surface area contributed by atoms with Gasteiger partial charge in [-0.2, -0.15) is 11.8 Å². The molecule has 1 saturated heterocycles. The zero-order chi connectivity index (χ0) is 31.1. The first-order valence-corrected chi connectivity index (χ1v) is 16.5. The largest absolute Gasteiger partial charge is 0.497 e. The summed E-state index contributed by atoms with van der Waals surface area (Å²) in [6.45, 7) is 6.59. The van der Waals surface area contributed by atoms with Crippen molar-refractivity contribution in [2.75, 3.05) is 23.9 Å². The third-order valence-electron chi connectivity index (χ3n) is 9.89. The second-order valence-corrected chi connectivity index (χ2v) is 13.9. The Morgan fingerprint density at radius 2 is 1.70 bits per heavy atom. The summed E-state index contributed by atoms with van der Waals surface area (Å²) in [5.74, 6) is 1.75. The first kappa shape index (κ1) is 30.3. The number of aromatic amines is 1. The lowest BCUT2D eigenvalue weighted by Gasteiger charge is -2.45. The van der Waals surface area contributed by atoms with Crippen molar-refractivity contribution in [3.05, 3.63) is 95.4 Å². The number of para-hydroxylation sites is 1. The summed E-state index contributed by atoms with van der Waals surface area (Å²) in [6.07, 6.45) is 1.29. The average Bonchev–Trinajstić information content (AvgIpc) is 3.37. The van der Waals surface area contributed by atoms with Crippen molar-refractivity contribution in [1.82, 2.24) is 9.88 Å². The van der Waals surface area contributed by atoms with E-state index in [1.165, 1.54) is 17.0 Å². The summed E-state index contributed by atoms with van der Waals surface area (Å²) >= 11 is 1.78. The topological polar surface area (TPSA) is 74.4 Å². The Hall–Kier alpha value is -3.78. The van der Waals surface area contributed by atoms with Crippen LogP contribution in [0.3, 0.4) is 0 Å². The minimum absolute atomic E-state index is 0.0378. The van der Waals surface area contributed by atoms with Crippen LogP contribution in [0.5, 0.6) is 5.75 Å². The zero-order valence-electron chi connectivity index (χ0n) is 25.8. The number of hydrogen-bond acceptors (Lipinski definition) is 4. The van der Waals surface area contributed by atoms with E-state index in [1.54, 1.807) is 66.2 Å². The van der Waals surface area contributed by atoms with Crippen molar-refractivity contribution < 1.29 is 18.7 Å². The monoisotopic (exact) mass is 613 g/mol. The Labute approximate surface area is 262 Å². The lowest BCUT2D eigenvalue weighted by atomic mass is 9.87. The summed E-state index contributed by atoms with van der Waals surface area (Å²) in [5, 5.41) is 4.28. The van der Waals surface area contributed by atoms with Crippen LogP contribution in [-0.4, -0.2) is 45.9 Å². The number of fused-ring (bicyclic) bond motifs is 1. The van der Waals surface area contributed by atoms with Crippen LogP contribution < -0.4 is 10.1 Å². The number of halogens is 1. The van der Waals surface area contributed by atoms with Gasteiger partial charge in [-0.25, -0.2) is 4.39 Å². The molecule has 2 atom stereocenters. The predicted octanol–water partition coefficient (Wildman–Crippen LogP) is 7.69. The maximum absolute atomic E-state index is 15.1. The van der Waals surface area contributed by atoms with E-state index in [0.717, 1.165) is 22.7 Å². The molecule has 0 spiro atoms. The van der Waals surface area contributed by atoms with Crippen molar-refractivity contribution in [3.8, 4) is 5.75 Å². The van der Waals surface area contributed by atoms with Gasteiger partial charge in [0.05, 0.1) is 7.11 Å². The molecule has 0 bridgehead atoms. The van der Waals surface area contributed by atoms with Crippen LogP contribution in [0.1, 0.15) is 55.8 Å². The number of aryl methyl sites for hydroxylation is 1. The van der Waals surface area contributed by atoms with Crippen LogP contribution in [0.4, 0.5) is 10.1 Å². The van der Waals surface area contributed by atoms with Gasteiger partial charge in [-0.15, -0.1) is 0 Å². The zero-order valence-corrected chi connectivity index (χ0v) is 26.6. The van der Waals surface area contributed by atoms with Crippen LogP contribution in [-0.2, 0) is 16.1 Å². The second kappa shape index (κ2) is 12.0. The molecule has 2 heterocycles. The molecule has 0 radical (unpaired) electrons. The fraction of sp³-hybridized carbons (Fsp3) is 0.389. The Morgan fingerprint density at radius 1 is 1.02 bits per heavy atom. The van der Waals surface area contributed by atoms with E-state index < -0.39 is 5.54 Å².